The van der Waals surface area contributed by atoms with Gasteiger partial charge in [-0.1, -0.05) is 44.2 Å². The van der Waals surface area contributed by atoms with Gasteiger partial charge in [0.25, 0.3) is 5.91 Å². The van der Waals surface area contributed by atoms with Gasteiger partial charge < -0.3 is 18.9 Å². The molecular weight excluding hydrogens is 388 g/mol. The van der Waals surface area contributed by atoms with E-state index in [1.54, 1.807) is 32.4 Å². The highest BCUT2D eigenvalue weighted by Crippen LogP contribution is 2.26. The van der Waals surface area contributed by atoms with Crippen LogP contribution in [-0.4, -0.2) is 35.6 Å². The summed E-state index contributed by atoms with van der Waals surface area (Å²) < 4.78 is 12.9. The Hall–Kier alpha value is -3.21. The lowest BCUT2D eigenvalue weighted by atomic mass is 10.0. The number of rotatable bonds is 9. The maximum atomic E-state index is 13.6. The number of methoxy groups -OCH3 is 2. The molecular formula is C26H32N2O3. The summed E-state index contributed by atoms with van der Waals surface area (Å²) in [5.41, 5.74) is 2.89. The SMILES string of the molecule is COc1cc(OC)cc(C(=O)N(Cc2cccn2Cc2ccccc2)[C@@H](C)C(C)C)c1. The van der Waals surface area contributed by atoms with Crippen LogP contribution in [0.15, 0.2) is 66.9 Å². The maximum absolute atomic E-state index is 13.6. The first kappa shape index (κ1) is 22.5. The van der Waals surface area contributed by atoms with Gasteiger partial charge in [-0.25, -0.2) is 0 Å². The zero-order valence-electron chi connectivity index (χ0n) is 19.0. The lowest BCUT2D eigenvalue weighted by Gasteiger charge is -2.32. The third-order valence-electron chi connectivity index (χ3n) is 5.77. The molecule has 0 spiro atoms. The van der Waals surface area contributed by atoms with Crippen molar-refractivity contribution in [2.75, 3.05) is 14.2 Å². The third-order valence-corrected chi connectivity index (χ3v) is 5.77. The van der Waals surface area contributed by atoms with Gasteiger partial charge in [-0.05, 0) is 42.7 Å². The van der Waals surface area contributed by atoms with E-state index in [-0.39, 0.29) is 11.9 Å². The highest BCUT2D eigenvalue weighted by Gasteiger charge is 2.26. The molecule has 164 valence electrons. The van der Waals surface area contributed by atoms with Crippen LogP contribution in [0.3, 0.4) is 0 Å². The van der Waals surface area contributed by atoms with Gasteiger partial charge in [-0.2, -0.15) is 0 Å². The molecule has 0 saturated carbocycles. The van der Waals surface area contributed by atoms with Crippen molar-refractivity contribution in [3.8, 4) is 11.5 Å². The predicted molar refractivity (Wildman–Crippen MR) is 124 cm³/mol. The smallest absolute Gasteiger partial charge is 0.254 e. The Kier molecular flexibility index (Phi) is 7.40. The minimum Gasteiger partial charge on any atom is -0.497 e. The Labute approximate surface area is 185 Å². The van der Waals surface area contributed by atoms with Gasteiger partial charge in [-0.3, -0.25) is 4.79 Å². The van der Waals surface area contributed by atoms with E-state index < -0.39 is 0 Å². The lowest BCUT2D eigenvalue weighted by molar-refractivity contribution is 0.0622. The largest absolute Gasteiger partial charge is 0.497 e. The first-order valence-corrected chi connectivity index (χ1v) is 10.6. The van der Waals surface area contributed by atoms with Crippen LogP contribution in [-0.2, 0) is 13.1 Å². The van der Waals surface area contributed by atoms with Crippen LogP contribution in [0.25, 0.3) is 0 Å². The van der Waals surface area contributed by atoms with Crippen LogP contribution in [0.5, 0.6) is 11.5 Å². The normalized spacial score (nSPS) is 11.9. The van der Waals surface area contributed by atoms with Crippen molar-refractivity contribution in [1.29, 1.82) is 0 Å². The zero-order valence-corrected chi connectivity index (χ0v) is 19.0. The molecule has 1 heterocycles. The molecule has 1 atom stereocenters. The standard InChI is InChI=1S/C26H32N2O3/c1-19(2)20(3)28(26(29)22-14-24(30-4)16-25(15-22)31-5)18-23-12-9-13-27(23)17-21-10-7-6-8-11-21/h6-16,19-20H,17-18H2,1-5H3/t20-/m0/s1. The molecule has 3 aromatic rings. The van der Waals surface area contributed by atoms with E-state index in [9.17, 15) is 4.79 Å². The van der Waals surface area contributed by atoms with Crippen molar-refractivity contribution in [3.05, 3.63) is 83.7 Å². The van der Waals surface area contributed by atoms with Crippen LogP contribution in [0.1, 0.15) is 42.4 Å². The molecule has 3 rings (SSSR count). The summed E-state index contributed by atoms with van der Waals surface area (Å²) >= 11 is 0. The van der Waals surface area contributed by atoms with Crippen LogP contribution in [0.4, 0.5) is 0 Å². The monoisotopic (exact) mass is 420 g/mol. The molecule has 0 N–H and O–H groups in total. The summed E-state index contributed by atoms with van der Waals surface area (Å²) in [6, 6.07) is 19.9. The van der Waals surface area contributed by atoms with Crippen molar-refractivity contribution in [2.45, 2.75) is 39.9 Å². The fraction of sp³-hybridized carbons (Fsp3) is 0.346. The van der Waals surface area contributed by atoms with Gasteiger partial charge in [0.1, 0.15) is 11.5 Å². The molecule has 5 nitrogen and oxygen atoms in total. The number of carbonyl (C=O) groups is 1. The Morgan fingerprint density at radius 1 is 0.935 bits per heavy atom. The molecule has 0 bridgehead atoms. The molecule has 5 heteroatoms. The number of amides is 1. The lowest BCUT2D eigenvalue weighted by Crippen LogP contribution is -2.41. The van der Waals surface area contributed by atoms with Crippen LogP contribution in [0.2, 0.25) is 0 Å². The number of hydrogen-bond acceptors (Lipinski definition) is 3. The average Bonchev–Trinajstić information content (AvgIpc) is 3.23. The quantitative estimate of drug-likeness (QED) is 0.475. The van der Waals surface area contributed by atoms with Crippen LogP contribution >= 0.6 is 0 Å². The van der Waals surface area contributed by atoms with Crippen LogP contribution < -0.4 is 9.47 Å². The molecule has 0 aliphatic carbocycles. The Bertz CT molecular complexity index is 973. The fourth-order valence-corrected chi connectivity index (χ4v) is 3.56. The van der Waals surface area contributed by atoms with Crippen molar-refractivity contribution in [3.63, 3.8) is 0 Å². The Balaban J connectivity index is 1.91. The second-order valence-corrected chi connectivity index (χ2v) is 8.13. The minimum absolute atomic E-state index is 0.0362. The molecule has 0 fully saturated rings. The van der Waals surface area contributed by atoms with Gasteiger partial charge in [0.05, 0.1) is 20.8 Å². The maximum Gasteiger partial charge on any atom is 0.254 e. The predicted octanol–water partition coefficient (Wildman–Crippen LogP) is 5.24. The van der Waals surface area contributed by atoms with Gasteiger partial charge in [0, 0.05) is 36.1 Å². The number of aromatic nitrogens is 1. The van der Waals surface area contributed by atoms with E-state index in [0.29, 0.717) is 29.5 Å². The molecule has 31 heavy (non-hydrogen) atoms. The summed E-state index contributed by atoms with van der Waals surface area (Å²) in [7, 11) is 3.18. The fourth-order valence-electron chi connectivity index (χ4n) is 3.56. The first-order valence-electron chi connectivity index (χ1n) is 10.6. The number of nitrogens with zero attached hydrogens (tertiary/aromatic N) is 2. The highest BCUT2D eigenvalue weighted by molar-refractivity contribution is 5.95. The summed E-state index contributed by atoms with van der Waals surface area (Å²) in [5, 5.41) is 0. The second kappa shape index (κ2) is 10.2. The van der Waals surface area contributed by atoms with E-state index in [0.717, 1.165) is 12.2 Å². The van der Waals surface area contributed by atoms with Crippen molar-refractivity contribution in [2.24, 2.45) is 5.92 Å². The van der Waals surface area contributed by atoms with Crippen LogP contribution in [0, 0.1) is 5.92 Å². The Morgan fingerprint density at radius 3 is 2.16 bits per heavy atom. The number of ether oxygens (including phenoxy) is 2. The summed E-state index contributed by atoms with van der Waals surface area (Å²) in [5.74, 6) is 1.49. The van der Waals surface area contributed by atoms with E-state index in [2.05, 4.69) is 49.7 Å². The van der Waals surface area contributed by atoms with Crippen molar-refractivity contribution < 1.29 is 14.3 Å². The molecule has 0 radical (unpaired) electrons. The van der Waals surface area contributed by atoms with Gasteiger partial charge >= 0.3 is 0 Å². The molecule has 0 aliphatic rings. The van der Waals surface area contributed by atoms with E-state index >= 15 is 0 Å². The molecule has 0 saturated heterocycles. The Morgan fingerprint density at radius 2 is 1.58 bits per heavy atom. The molecule has 1 aromatic heterocycles. The topological polar surface area (TPSA) is 43.7 Å². The minimum atomic E-state index is -0.0362. The number of benzene rings is 2. The molecule has 0 unspecified atom stereocenters. The summed E-state index contributed by atoms with van der Waals surface area (Å²) in [6.45, 7) is 7.68. The molecule has 1 amide bonds. The molecule has 0 aliphatic heterocycles. The summed E-state index contributed by atoms with van der Waals surface area (Å²) in [4.78, 5) is 15.6. The second-order valence-electron chi connectivity index (χ2n) is 8.13. The van der Waals surface area contributed by atoms with Gasteiger partial charge in [-0.15, -0.1) is 0 Å². The number of carbonyl (C=O) groups excluding carboxylic acids is 1. The average molecular weight is 421 g/mol. The highest BCUT2D eigenvalue weighted by atomic mass is 16.5. The molecule has 2 aromatic carbocycles. The van der Waals surface area contributed by atoms with Crippen molar-refractivity contribution in [1.82, 2.24) is 9.47 Å². The van der Waals surface area contributed by atoms with E-state index in [1.165, 1.54) is 5.56 Å². The van der Waals surface area contributed by atoms with Crippen molar-refractivity contribution >= 4 is 5.91 Å². The van der Waals surface area contributed by atoms with E-state index in [1.807, 2.05) is 29.2 Å². The summed E-state index contributed by atoms with van der Waals surface area (Å²) in [6.07, 6.45) is 2.07. The third kappa shape index (κ3) is 5.48. The number of hydrogen-bond donors (Lipinski definition) is 0. The van der Waals surface area contributed by atoms with Gasteiger partial charge in [0.2, 0.25) is 0 Å². The first-order chi connectivity index (χ1) is 14.9. The van der Waals surface area contributed by atoms with Gasteiger partial charge in [0.15, 0.2) is 0 Å². The zero-order chi connectivity index (χ0) is 22.4. The van der Waals surface area contributed by atoms with E-state index in [4.69, 9.17) is 9.47 Å².